The van der Waals surface area contributed by atoms with E-state index in [1.807, 2.05) is 18.2 Å². The van der Waals surface area contributed by atoms with Crippen molar-refractivity contribution in [3.63, 3.8) is 0 Å². The van der Waals surface area contributed by atoms with Crippen molar-refractivity contribution in [3.05, 3.63) is 41.0 Å². The SMILES string of the molecule is CC(=O)c1cccc2c1CC=C2. The third-order valence-electron chi connectivity index (χ3n) is 2.21. The van der Waals surface area contributed by atoms with Crippen LogP contribution in [0.1, 0.15) is 28.4 Å². The number of benzene rings is 1. The standard InChI is InChI=1S/C11H10O/c1-8(12)10-6-2-4-9-5-3-7-11(9)10/h2-6H,7H2,1H3. The number of hydrogen-bond donors (Lipinski definition) is 0. The lowest BCUT2D eigenvalue weighted by Crippen LogP contribution is -1.98. The molecule has 0 saturated carbocycles. The Bertz CT molecular complexity index is 361. The molecule has 0 radical (unpaired) electrons. The van der Waals surface area contributed by atoms with Crippen LogP contribution >= 0.6 is 0 Å². The topological polar surface area (TPSA) is 17.1 Å². The smallest absolute Gasteiger partial charge is 0.160 e. The maximum atomic E-state index is 11.2. The Hall–Kier alpha value is -1.37. The first-order valence-corrected chi connectivity index (χ1v) is 4.08. The van der Waals surface area contributed by atoms with Gasteiger partial charge < -0.3 is 0 Å². The van der Waals surface area contributed by atoms with Crippen molar-refractivity contribution in [2.75, 3.05) is 0 Å². The zero-order chi connectivity index (χ0) is 8.55. The molecule has 0 aromatic heterocycles. The highest BCUT2D eigenvalue weighted by molar-refractivity contribution is 5.97. The summed E-state index contributed by atoms with van der Waals surface area (Å²) in [4.78, 5) is 11.2. The number of allylic oxidation sites excluding steroid dienone is 1. The third-order valence-corrected chi connectivity index (χ3v) is 2.21. The number of carbonyl (C=O) groups excluding carboxylic acids is 1. The highest BCUT2D eigenvalue weighted by atomic mass is 16.1. The molecule has 1 aromatic carbocycles. The van der Waals surface area contributed by atoms with E-state index in [2.05, 4.69) is 12.2 Å². The van der Waals surface area contributed by atoms with Gasteiger partial charge in [-0.05, 0) is 24.5 Å². The van der Waals surface area contributed by atoms with Crippen LogP contribution in [0.4, 0.5) is 0 Å². The number of Topliss-reactive ketones (excluding diaryl/α,β-unsaturated/α-hetero) is 1. The molecule has 0 atom stereocenters. The Morgan fingerprint density at radius 1 is 1.42 bits per heavy atom. The number of fused-ring (bicyclic) bond motifs is 1. The largest absolute Gasteiger partial charge is 0.295 e. The molecule has 1 heteroatoms. The first-order chi connectivity index (χ1) is 5.79. The van der Waals surface area contributed by atoms with Gasteiger partial charge in [-0.15, -0.1) is 0 Å². The molecule has 2 rings (SSSR count). The van der Waals surface area contributed by atoms with E-state index >= 15 is 0 Å². The summed E-state index contributed by atoms with van der Waals surface area (Å²) in [5, 5.41) is 0. The van der Waals surface area contributed by atoms with Gasteiger partial charge in [-0.2, -0.15) is 0 Å². The van der Waals surface area contributed by atoms with Gasteiger partial charge >= 0.3 is 0 Å². The zero-order valence-corrected chi connectivity index (χ0v) is 7.00. The van der Waals surface area contributed by atoms with Gasteiger partial charge in [0.05, 0.1) is 0 Å². The molecule has 0 amide bonds. The van der Waals surface area contributed by atoms with Crippen LogP contribution in [0.3, 0.4) is 0 Å². The van der Waals surface area contributed by atoms with Crippen molar-refractivity contribution < 1.29 is 4.79 Å². The molecule has 0 heterocycles. The normalized spacial score (nSPS) is 13.1. The minimum atomic E-state index is 0.163. The molecule has 1 aliphatic carbocycles. The van der Waals surface area contributed by atoms with E-state index in [9.17, 15) is 4.79 Å². The van der Waals surface area contributed by atoms with Crippen LogP contribution < -0.4 is 0 Å². The molecule has 1 aromatic rings. The molecule has 1 nitrogen and oxygen atoms in total. The fourth-order valence-electron chi connectivity index (χ4n) is 1.62. The predicted molar refractivity (Wildman–Crippen MR) is 49.2 cm³/mol. The fraction of sp³-hybridized carbons (Fsp3) is 0.182. The number of carbonyl (C=O) groups is 1. The zero-order valence-electron chi connectivity index (χ0n) is 7.00. The van der Waals surface area contributed by atoms with Gasteiger partial charge in [0.25, 0.3) is 0 Å². The van der Waals surface area contributed by atoms with Gasteiger partial charge in [0.1, 0.15) is 0 Å². The summed E-state index contributed by atoms with van der Waals surface area (Å²) in [5.41, 5.74) is 3.25. The Kier molecular flexibility index (Phi) is 1.58. The van der Waals surface area contributed by atoms with Crippen molar-refractivity contribution in [2.45, 2.75) is 13.3 Å². The van der Waals surface area contributed by atoms with E-state index in [4.69, 9.17) is 0 Å². The van der Waals surface area contributed by atoms with Crippen molar-refractivity contribution in [2.24, 2.45) is 0 Å². The molecular formula is C11H10O. The minimum absolute atomic E-state index is 0.163. The minimum Gasteiger partial charge on any atom is -0.295 e. The first-order valence-electron chi connectivity index (χ1n) is 4.08. The maximum Gasteiger partial charge on any atom is 0.160 e. The Morgan fingerprint density at radius 3 is 3.00 bits per heavy atom. The molecule has 1 aliphatic rings. The molecule has 12 heavy (non-hydrogen) atoms. The summed E-state index contributed by atoms with van der Waals surface area (Å²) in [5.74, 6) is 0.163. The lowest BCUT2D eigenvalue weighted by Gasteiger charge is -2.03. The van der Waals surface area contributed by atoms with E-state index in [0.717, 1.165) is 12.0 Å². The molecule has 0 fully saturated rings. The van der Waals surface area contributed by atoms with Crippen LogP contribution in [0, 0.1) is 0 Å². The summed E-state index contributed by atoms with van der Waals surface area (Å²) in [6, 6.07) is 5.88. The van der Waals surface area contributed by atoms with Gasteiger partial charge in [-0.1, -0.05) is 30.4 Å². The maximum absolute atomic E-state index is 11.2. The van der Waals surface area contributed by atoms with E-state index < -0.39 is 0 Å². The van der Waals surface area contributed by atoms with Crippen molar-refractivity contribution in [1.82, 2.24) is 0 Å². The van der Waals surface area contributed by atoms with Crippen LogP contribution in [-0.2, 0) is 6.42 Å². The third kappa shape index (κ3) is 0.981. The van der Waals surface area contributed by atoms with Gasteiger partial charge in [0, 0.05) is 5.56 Å². The van der Waals surface area contributed by atoms with Crippen molar-refractivity contribution in [3.8, 4) is 0 Å². The van der Waals surface area contributed by atoms with Crippen molar-refractivity contribution in [1.29, 1.82) is 0 Å². The van der Waals surface area contributed by atoms with Gasteiger partial charge in [0.2, 0.25) is 0 Å². The summed E-state index contributed by atoms with van der Waals surface area (Å²) < 4.78 is 0. The van der Waals surface area contributed by atoms with Gasteiger partial charge in [-0.25, -0.2) is 0 Å². The Labute approximate surface area is 71.7 Å². The summed E-state index contributed by atoms with van der Waals surface area (Å²) in [7, 11) is 0. The van der Waals surface area contributed by atoms with E-state index in [0.29, 0.717) is 0 Å². The second-order valence-corrected chi connectivity index (χ2v) is 3.04. The molecule has 0 saturated heterocycles. The molecule has 0 unspecified atom stereocenters. The van der Waals surface area contributed by atoms with Crippen LogP contribution in [0.2, 0.25) is 0 Å². The molecule has 0 spiro atoms. The highest BCUT2D eigenvalue weighted by Gasteiger charge is 2.11. The van der Waals surface area contributed by atoms with Crippen LogP contribution in [0.15, 0.2) is 24.3 Å². The quantitative estimate of drug-likeness (QED) is 0.574. The number of rotatable bonds is 1. The highest BCUT2D eigenvalue weighted by Crippen LogP contribution is 2.23. The molecule has 0 N–H and O–H groups in total. The fourth-order valence-corrected chi connectivity index (χ4v) is 1.62. The summed E-state index contributed by atoms with van der Waals surface area (Å²) in [6.45, 7) is 1.62. The van der Waals surface area contributed by atoms with Crippen LogP contribution in [-0.4, -0.2) is 5.78 Å². The predicted octanol–water partition coefficient (Wildman–Crippen LogP) is 2.46. The van der Waals surface area contributed by atoms with Crippen molar-refractivity contribution >= 4 is 11.9 Å². The van der Waals surface area contributed by atoms with Crippen LogP contribution in [0.5, 0.6) is 0 Å². The molecule has 0 bridgehead atoms. The molecule has 0 aliphatic heterocycles. The number of hydrogen-bond acceptors (Lipinski definition) is 1. The Morgan fingerprint density at radius 2 is 2.25 bits per heavy atom. The van der Waals surface area contributed by atoms with Gasteiger partial charge in [-0.3, -0.25) is 4.79 Å². The first kappa shape index (κ1) is 7.29. The summed E-state index contributed by atoms with van der Waals surface area (Å²) >= 11 is 0. The summed E-state index contributed by atoms with van der Waals surface area (Å²) in [6.07, 6.45) is 5.07. The van der Waals surface area contributed by atoms with E-state index in [-0.39, 0.29) is 5.78 Å². The number of ketones is 1. The van der Waals surface area contributed by atoms with Crippen LogP contribution in [0.25, 0.3) is 6.08 Å². The monoisotopic (exact) mass is 158 g/mol. The average molecular weight is 158 g/mol. The molecular weight excluding hydrogens is 148 g/mol. The second kappa shape index (κ2) is 2.59. The lowest BCUT2D eigenvalue weighted by atomic mass is 10.0. The van der Waals surface area contributed by atoms with Gasteiger partial charge in [0.15, 0.2) is 5.78 Å². The molecule has 60 valence electrons. The lowest BCUT2D eigenvalue weighted by molar-refractivity contribution is 0.101. The average Bonchev–Trinajstić information content (AvgIpc) is 2.49. The van der Waals surface area contributed by atoms with E-state index in [1.165, 1.54) is 11.1 Å². The second-order valence-electron chi connectivity index (χ2n) is 3.04. The Balaban J connectivity index is 2.60. The van der Waals surface area contributed by atoms with E-state index in [1.54, 1.807) is 6.92 Å².